The predicted octanol–water partition coefficient (Wildman–Crippen LogP) is 11.5. The van der Waals surface area contributed by atoms with Crippen molar-refractivity contribution < 1.29 is 30.0 Å². The molecule has 0 atom stereocenters. The third kappa shape index (κ3) is 6.34. The van der Waals surface area contributed by atoms with Gasteiger partial charge in [-0.25, -0.2) is 4.98 Å². The number of aromatic nitrogens is 3. The van der Waals surface area contributed by atoms with Crippen molar-refractivity contribution in [1.82, 2.24) is 15.0 Å². The maximum Gasteiger partial charge on any atom is 0.162 e. The molecule has 8 rings (SSSR count). The first kappa shape index (κ1) is 38.2. The largest absolute Gasteiger partial charge is 0.512 e. The van der Waals surface area contributed by atoms with Crippen molar-refractivity contribution in [1.29, 1.82) is 0 Å². The Labute approximate surface area is 327 Å². The molecule has 2 heterocycles. The van der Waals surface area contributed by atoms with Gasteiger partial charge in [0.15, 0.2) is 5.78 Å². The number of aliphatic hydroxyl groups excluding tert-OH is 1. The molecule has 2 aliphatic carbocycles. The third-order valence-corrected chi connectivity index (χ3v) is 11.3. The zero-order valence-corrected chi connectivity index (χ0v) is 34.1. The first-order valence-electron chi connectivity index (χ1n) is 18.8. The summed E-state index contributed by atoms with van der Waals surface area (Å²) < 4.78 is 0. The Hall–Kier alpha value is -4.51. The molecule has 4 aromatic carbocycles. The van der Waals surface area contributed by atoms with Crippen LogP contribution in [-0.2, 0) is 35.7 Å². The second kappa shape index (κ2) is 15.1. The van der Waals surface area contributed by atoms with Gasteiger partial charge >= 0.3 is 0 Å². The van der Waals surface area contributed by atoms with Crippen molar-refractivity contribution in [3.63, 3.8) is 0 Å². The molecular formula is C47H48IrN3O2-. The summed E-state index contributed by atoms with van der Waals surface area (Å²) in [6.45, 7) is 14.9. The average Bonchev–Trinajstić information content (AvgIpc) is 3.44. The normalized spacial score (nSPS) is 13.7. The average molecular weight is 879 g/mol. The van der Waals surface area contributed by atoms with Gasteiger partial charge in [-0.2, -0.15) is 0 Å². The van der Waals surface area contributed by atoms with Crippen molar-refractivity contribution >= 4 is 27.6 Å². The fourth-order valence-electron chi connectivity index (χ4n) is 8.38. The van der Waals surface area contributed by atoms with E-state index in [1.54, 1.807) is 6.33 Å². The van der Waals surface area contributed by atoms with Crippen molar-refractivity contribution in [2.24, 2.45) is 11.8 Å². The molecule has 53 heavy (non-hydrogen) atoms. The molecule has 0 bridgehead atoms. The number of rotatable bonds is 7. The summed E-state index contributed by atoms with van der Waals surface area (Å²) in [5.74, 6) is 0.547. The topological polar surface area (TPSA) is 76.0 Å². The maximum absolute atomic E-state index is 11.7. The van der Waals surface area contributed by atoms with Gasteiger partial charge in [0, 0.05) is 55.3 Å². The standard InChI is InChI=1S/C34H24N3.C13H24O2.Ir/c1-33(2,3)21-16-28-31-30(17-21)36-19-37-32(31)24-15-20-9-8-14-35-29(20)18-27(24)34(28)25-12-6-4-10-22(25)23-11-5-7-13-26(23)34;1-5-10(6-2)12(14)9-13(15)11(7-3)8-4;/h4-14,16-19H,1-3H3;9-11,14H,5-8H2,1-4H3;/q-1;;/b;12-9-;. The Morgan fingerprint density at radius 1 is 0.755 bits per heavy atom. The van der Waals surface area contributed by atoms with Crippen LogP contribution in [0.2, 0.25) is 0 Å². The molecule has 0 amide bonds. The number of pyridine rings is 1. The van der Waals surface area contributed by atoms with Crippen LogP contribution in [0.15, 0.2) is 103 Å². The Balaban J connectivity index is 0.000000258. The van der Waals surface area contributed by atoms with Crippen LogP contribution < -0.4 is 0 Å². The SMILES string of the molecule is CC(C)(C)c1cc2c3c(ncnc3c1)-c1[c-]c3cccnc3cc1C21c2ccccc2-c2ccccc21.CCC(CC)C(=O)/C=C(\O)C(CC)CC.[Ir]. The van der Waals surface area contributed by atoms with Gasteiger partial charge in [-0.15, -0.1) is 12.1 Å². The molecule has 0 saturated heterocycles. The van der Waals surface area contributed by atoms with E-state index in [4.69, 9.17) is 15.0 Å². The molecule has 2 aromatic heterocycles. The molecule has 6 aromatic rings. The Morgan fingerprint density at radius 2 is 1.38 bits per heavy atom. The van der Waals surface area contributed by atoms with E-state index in [0.717, 1.165) is 58.7 Å². The first-order chi connectivity index (χ1) is 25.1. The van der Waals surface area contributed by atoms with Crippen molar-refractivity contribution in [3.05, 3.63) is 137 Å². The van der Waals surface area contributed by atoms with Gasteiger partial charge in [0.25, 0.3) is 0 Å². The second-order valence-electron chi connectivity index (χ2n) is 15.2. The number of benzene rings is 4. The Morgan fingerprint density at radius 3 is 1.98 bits per heavy atom. The van der Waals surface area contributed by atoms with Crippen LogP contribution in [-0.4, -0.2) is 25.8 Å². The predicted molar refractivity (Wildman–Crippen MR) is 213 cm³/mol. The quantitative estimate of drug-likeness (QED) is 0.0980. The van der Waals surface area contributed by atoms with E-state index in [1.807, 2.05) is 40.0 Å². The first-order valence-corrected chi connectivity index (χ1v) is 18.8. The summed E-state index contributed by atoms with van der Waals surface area (Å²) in [6.07, 6.45) is 8.47. The summed E-state index contributed by atoms with van der Waals surface area (Å²) in [7, 11) is 0. The maximum atomic E-state index is 11.7. The van der Waals surface area contributed by atoms with E-state index in [1.165, 1.54) is 45.0 Å². The van der Waals surface area contributed by atoms with Crippen LogP contribution in [0.25, 0.3) is 44.2 Å². The number of nitrogens with zero attached hydrogens (tertiary/aromatic N) is 3. The Bertz CT molecular complexity index is 2300. The molecule has 0 aliphatic heterocycles. The van der Waals surface area contributed by atoms with E-state index in [9.17, 15) is 9.90 Å². The number of carbonyl (C=O) groups excluding carboxylic acids is 1. The number of fused-ring (bicyclic) bond motifs is 10. The number of allylic oxidation sites excluding steroid dienone is 2. The fourth-order valence-corrected chi connectivity index (χ4v) is 8.38. The minimum atomic E-state index is -0.512. The van der Waals surface area contributed by atoms with E-state index in [2.05, 4.69) is 99.6 Å². The van der Waals surface area contributed by atoms with Gasteiger partial charge in [-0.05, 0) is 81.4 Å². The molecule has 273 valence electrons. The van der Waals surface area contributed by atoms with Crippen LogP contribution in [0.3, 0.4) is 0 Å². The third-order valence-electron chi connectivity index (χ3n) is 11.3. The van der Waals surface area contributed by atoms with Gasteiger partial charge in [0.1, 0.15) is 6.33 Å². The summed E-state index contributed by atoms with van der Waals surface area (Å²) >= 11 is 0. The van der Waals surface area contributed by atoms with Crippen LogP contribution in [0, 0.1) is 17.9 Å². The van der Waals surface area contributed by atoms with E-state index >= 15 is 0 Å². The molecule has 1 N–H and O–H groups in total. The minimum absolute atomic E-state index is 0. The van der Waals surface area contributed by atoms with Crippen molar-refractivity contribution in [2.45, 2.75) is 85.0 Å². The van der Waals surface area contributed by atoms with E-state index in [-0.39, 0.29) is 48.9 Å². The smallest absolute Gasteiger partial charge is 0.162 e. The van der Waals surface area contributed by atoms with Gasteiger partial charge < -0.3 is 5.11 Å². The van der Waals surface area contributed by atoms with Gasteiger partial charge in [0.2, 0.25) is 0 Å². The van der Waals surface area contributed by atoms with Crippen LogP contribution in [0.1, 0.15) is 102 Å². The molecule has 6 heteroatoms. The zero-order chi connectivity index (χ0) is 36.8. The van der Waals surface area contributed by atoms with E-state index < -0.39 is 5.41 Å². The number of hydrogen-bond donors (Lipinski definition) is 1. The molecule has 1 spiro atoms. The van der Waals surface area contributed by atoms with Crippen LogP contribution >= 0.6 is 0 Å². The minimum Gasteiger partial charge on any atom is -0.512 e. The van der Waals surface area contributed by atoms with Crippen molar-refractivity contribution in [3.8, 4) is 22.4 Å². The molecule has 2 aliphatic rings. The van der Waals surface area contributed by atoms with Gasteiger partial charge in [-0.1, -0.05) is 132 Å². The van der Waals surface area contributed by atoms with Crippen LogP contribution in [0.5, 0.6) is 0 Å². The molecular weight excluding hydrogens is 831 g/mol. The van der Waals surface area contributed by atoms with Gasteiger partial charge in [-0.3, -0.25) is 14.8 Å². The summed E-state index contributed by atoms with van der Waals surface area (Å²) in [5.41, 5.74) is 12.2. The number of ketones is 1. The number of hydrogen-bond acceptors (Lipinski definition) is 5. The molecule has 0 unspecified atom stereocenters. The van der Waals surface area contributed by atoms with Crippen molar-refractivity contribution in [2.75, 3.05) is 0 Å². The molecule has 1 radical (unpaired) electrons. The van der Waals surface area contributed by atoms with Gasteiger partial charge in [0.05, 0.1) is 11.3 Å². The molecule has 0 fully saturated rings. The number of carbonyl (C=O) groups is 1. The summed E-state index contributed by atoms with van der Waals surface area (Å²) in [6, 6.07) is 32.5. The monoisotopic (exact) mass is 879 g/mol. The number of aliphatic hydroxyl groups is 1. The van der Waals surface area contributed by atoms with Crippen LogP contribution in [0.4, 0.5) is 0 Å². The second-order valence-corrected chi connectivity index (χ2v) is 15.2. The van der Waals surface area contributed by atoms with E-state index in [0.29, 0.717) is 0 Å². The summed E-state index contributed by atoms with van der Waals surface area (Å²) in [5, 5.41) is 11.9. The molecule has 5 nitrogen and oxygen atoms in total. The fraction of sp³-hybridized carbons (Fsp3) is 0.319. The Kier molecular flexibility index (Phi) is 10.9. The summed E-state index contributed by atoms with van der Waals surface area (Å²) in [4.78, 5) is 26.2. The zero-order valence-electron chi connectivity index (χ0n) is 31.8. The molecule has 0 saturated carbocycles.